The minimum Gasteiger partial charge on any atom is -0.256 e. The quantitative estimate of drug-likeness (QED) is 0.159. The van der Waals surface area contributed by atoms with E-state index in [4.69, 9.17) is 24.9 Å². The zero-order valence-electron chi connectivity index (χ0n) is 30.0. The lowest BCUT2D eigenvalue weighted by Crippen LogP contribution is -2.00. The lowest BCUT2D eigenvalue weighted by atomic mass is 9.90. The summed E-state index contributed by atoms with van der Waals surface area (Å²) in [6, 6.07) is 59.7. The second-order valence-corrected chi connectivity index (χ2v) is 13.6. The van der Waals surface area contributed by atoms with Crippen molar-refractivity contribution in [2.45, 2.75) is 0 Å². The van der Waals surface area contributed by atoms with Gasteiger partial charge in [-0.1, -0.05) is 127 Å². The van der Waals surface area contributed by atoms with Gasteiger partial charge in [-0.3, -0.25) is 9.97 Å². The van der Waals surface area contributed by atoms with E-state index in [1.165, 1.54) is 0 Å². The fraction of sp³-hybridized carbons (Fsp3) is 0. The van der Waals surface area contributed by atoms with Gasteiger partial charge < -0.3 is 0 Å². The average molecular weight is 715 g/mol. The Balaban J connectivity index is 1.13. The van der Waals surface area contributed by atoms with Crippen molar-refractivity contribution < 1.29 is 0 Å². The Hall–Kier alpha value is -7.88. The van der Waals surface area contributed by atoms with Crippen LogP contribution in [0.1, 0.15) is 5.56 Å². The number of nitrogens with zero attached hydrogens (tertiary/aromatic N) is 6. The van der Waals surface area contributed by atoms with Crippen molar-refractivity contribution in [3.8, 4) is 73.6 Å². The fourth-order valence-electron chi connectivity index (χ4n) is 7.52. The topological polar surface area (TPSA) is 88.2 Å². The van der Waals surface area contributed by atoms with Crippen molar-refractivity contribution in [3.63, 3.8) is 0 Å². The van der Waals surface area contributed by atoms with Crippen LogP contribution in [0.5, 0.6) is 0 Å². The molecule has 0 spiro atoms. The van der Waals surface area contributed by atoms with E-state index < -0.39 is 0 Å². The molecule has 0 saturated heterocycles. The molecule has 0 aliphatic heterocycles. The SMILES string of the molecule is N#Cc1cccc(-c2ccc(-c3cc4c5cccnc5c(-c5cccc(-c6nc(-c7ccccc7)nc(-c7ccccc7)n6)c5)cc4c4cccnc34)cc2)c1. The Bertz CT molecular complexity index is 3080. The summed E-state index contributed by atoms with van der Waals surface area (Å²) in [5.74, 6) is 1.84. The number of hydrogen-bond acceptors (Lipinski definition) is 6. The second-order valence-electron chi connectivity index (χ2n) is 13.6. The maximum Gasteiger partial charge on any atom is 0.164 e. The van der Waals surface area contributed by atoms with Crippen molar-refractivity contribution in [3.05, 3.63) is 188 Å². The van der Waals surface area contributed by atoms with E-state index in [-0.39, 0.29) is 0 Å². The molecule has 6 heteroatoms. The van der Waals surface area contributed by atoms with Crippen LogP contribution in [-0.2, 0) is 0 Å². The van der Waals surface area contributed by atoms with Gasteiger partial charge in [-0.05, 0) is 75.5 Å². The van der Waals surface area contributed by atoms with Crippen LogP contribution < -0.4 is 0 Å². The third kappa shape index (κ3) is 5.90. The van der Waals surface area contributed by atoms with Gasteiger partial charge in [0.25, 0.3) is 0 Å². The van der Waals surface area contributed by atoms with E-state index in [1.807, 2.05) is 109 Å². The molecule has 0 aliphatic rings. The number of fused-ring (bicyclic) bond motifs is 5. The maximum atomic E-state index is 9.43. The van der Waals surface area contributed by atoms with Gasteiger partial charge in [0.15, 0.2) is 17.5 Å². The molecule has 0 saturated carbocycles. The highest BCUT2D eigenvalue weighted by atomic mass is 15.0. The molecule has 10 aromatic rings. The predicted molar refractivity (Wildman–Crippen MR) is 225 cm³/mol. The van der Waals surface area contributed by atoms with Gasteiger partial charge in [-0.2, -0.15) is 5.26 Å². The lowest BCUT2D eigenvalue weighted by Gasteiger charge is -2.15. The van der Waals surface area contributed by atoms with Crippen molar-refractivity contribution in [2.24, 2.45) is 0 Å². The first-order chi connectivity index (χ1) is 27.7. The minimum absolute atomic E-state index is 0.598. The van der Waals surface area contributed by atoms with Crippen molar-refractivity contribution >= 4 is 32.6 Å². The van der Waals surface area contributed by atoms with Crippen molar-refractivity contribution in [1.29, 1.82) is 5.26 Å². The number of nitriles is 1. The maximum absolute atomic E-state index is 9.43. The molecule has 0 radical (unpaired) electrons. The highest BCUT2D eigenvalue weighted by Crippen LogP contribution is 2.41. The normalized spacial score (nSPS) is 11.2. The van der Waals surface area contributed by atoms with Crippen LogP contribution in [0.3, 0.4) is 0 Å². The molecular weight excluding hydrogens is 685 g/mol. The molecule has 6 nitrogen and oxygen atoms in total. The summed E-state index contributed by atoms with van der Waals surface area (Å²) in [6.45, 7) is 0. The summed E-state index contributed by atoms with van der Waals surface area (Å²) in [6.07, 6.45) is 3.71. The summed E-state index contributed by atoms with van der Waals surface area (Å²) >= 11 is 0. The Morgan fingerprint density at radius 3 is 1.41 bits per heavy atom. The number of aromatic nitrogens is 5. The molecule has 0 amide bonds. The van der Waals surface area contributed by atoms with Crippen LogP contribution in [0.15, 0.2) is 182 Å². The van der Waals surface area contributed by atoms with Crippen LogP contribution in [0.4, 0.5) is 0 Å². The van der Waals surface area contributed by atoms with Crippen LogP contribution in [0, 0.1) is 11.3 Å². The number of benzene rings is 7. The molecule has 3 aromatic heterocycles. The Kier molecular flexibility index (Phi) is 8.09. The highest BCUT2D eigenvalue weighted by molar-refractivity contribution is 6.22. The molecule has 0 fully saturated rings. The molecule has 260 valence electrons. The lowest BCUT2D eigenvalue weighted by molar-refractivity contribution is 1.07. The van der Waals surface area contributed by atoms with Crippen molar-refractivity contribution in [1.82, 2.24) is 24.9 Å². The van der Waals surface area contributed by atoms with Crippen LogP contribution in [0.2, 0.25) is 0 Å². The van der Waals surface area contributed by atoms with Gasteiger partial charge in [0.2, 0.25) is 0 Å². The van der Waals surface area contributed by atoms with Gasteiger partial charge in [0.05, 0.1) is 22.7 Å². The highest BCUT2D eigenvalue weighted by Gasteiger charge is 2.18. The fourth-order valence-corrected chi connectivity index (χ4v) is 7.52. The van der Waals surface area contributed by atoms with E-state index in [9.17, 15) is 5.26 Å². The van der Waals surface area contributed by atoms with Crippen LogP contribution >= 0.6 is 0 Å². The summed E-state index contributed by atoms with van der Waals surface area (Å²) in [7, 11) is 0. The Morgan fingerprint density at radius 2 is 0.821 bits per heavy atom. The Morgan fingerprint density at radius 1 is 0.339 bits per heavy atom. The first-order valence-electron chi connectivity index (χ1n) is 18.4. The molecule has 3 heterocycles. The standard InChI is InChI=1S/C50H30N6/c51-31-32-11-7-16-37(27-32)33-21-23-34(24-22-33)42-29-44-41-20-10-26-53-47(41)43(30-45(44)40-19-9-25-52-46(40)42)38-17-8-18-39(28-38)50-55-48(35-12-3-1-4-13-35)54-49(56-50)36-14-5-2-6-15-36/h1-30H. The summed E-state index contributed by atoms with van der Waals surface area (Å²) in [4.78, 5) is 24.8. The molecule has 0 atom stereocenters. The van der Waals surface area contributed by atoms with Crippen molar-refractivity contribution in [2.75, 3.05) is 0 Å². The zero-order valence-corrected chi connectivity index (χ0v) is 30.0. The van der Waals surface area contributed by atoms with Crippen LogP contribution in [-0.4, -0.2) is 24.9 Å². The first kappa shape index (κ1) is 32.7. The first-order valence-corrected chi connectivity index (χ1v) is 18.4. The zero-order chi connectivity index (χ0) is 37.4. The molecule has 56 heavy (non-hydrogen) atoms. The third-order valence-corrected chi connectivity index (χ3v) is 10.2. The molecule has 7 aromatic carbocycles. The number of hydrogen-bond donors (Lipinski definition) is 0. The third-order valence-electron chi connectivity index (χ3n) is 10.2. The summed E-state index contributed by atoms with van der Waals surface area (Å²) in [5.41, 5.74) is 11.4. The number of pyridine rings is 2. The van der Waals surface area contributed by atoms with E-state index in [0.29, 0.717) is 23.0 Å². The average Bonchev–Trinajstić information content (AvgIpc) is 3.29. The number of rotatable bonds is 6. The molecule has 0 aliphatic carbocycles. The molecule has 0 bridgehead atoms. The smallest absolute Gasteiger partial charge is 0.164 e. The minimum atomic E-state index is 0.598. The van der Waals surface area contributed by atoms with Gasteiger partial charge in [-0.25, -0.2) is 15.0 Å². The van der Waals surface area contributed by atoms with E-state index in [2.05, 4.69) is 78.9 Å². The van der Waals surface area contributed by atoms with Gasteiger partial charge in [0.1, 0.15) is 0 Å². The van der Waals surface area contributed by atoms with Gasteiger partial charge >= 0.3 is 0 Å². The summed E-state index contributed by atoms with van der Waals surface area (Å²) < 4.78 is 0. The predicted octanol–water partition coefficient (Wildman–Crippen LogP) is 12.0. The molecule has 10 rings (SSSR count). The van der Waals surface area contributed by atoms with E-state index >= 15 is 0 Å². The largest absolute Gasteiger partial charge is 0.256 e. The second kappa shape index (κ2) is 13.8. The van der Waals surface area contributed by atoms with Gasteiger partial charge in [-0.15, -0.1) is 0 Å². The summed E-state index contributed by atoms with van der Waals surface area (Å²) in [5, 5.41) is 13.7. The Labute approximate surface area is 323 Å². The van der Waals surface area contributed by atoms with Gasteiger partial charge in [0, 0.05) is 51.0 Å². The molecule has 0 unspecified atom stereocenters. The molecule has 0 N–H and O–H groups in total. The van der Waals surface area contributed by atoms with E-state index in [0.717, 1.165) is 82.6 Å². The van der Waals surface area contributed by atoms with Crippen LogP contribution in [0.25, 0.3) is 100 Å². The molecular formula is C50H30N6. The monoisotopic (exact) mass is 714 g/mol. The van der Waals surface area contributed by atoms with E-state index in [1.54, 1.807) is 0 Å².